The third-order valence-corrected chi connectivity index (χ3v) is 8.42. The van der Waals surface area contributed by atoms with Crippen molar-refractivity contribution in [3.8, 4) is 0 Å². The van der Waals surface area contributed by atoms with E-state index in [1.54, 1.807) is 11.0 Å². The molecule has 29 heavy (non-hydrogen) atoms. The Kier molecular flexibility index (Phi) is 5.44. The van der Waals surface area contributed by atoms with Crippen LogP contribution < -0.4 is 4.90 Å². The number of rotatable bonds is 3. The van der Waals surface area contributed by atoms with Crippen LogP contribution in [0.1, 0.15) is 11.1 Å². The van der Waals surface area contributed by atoms with Gasteiger partial charge in [0.25, 0.3) is 5.91 Å². The molecular formula is C20H18ClFN2O3S2. The van der Waals surface area contributed by atoms with Gasteiger partial charge in [0.2, 0.25) is 0 Å². The molecule has 2 aliphatic rings. The number of hydrogen-bond donors (Lipinski definition) is 0. The minimum Gasteiger partial charge on any atom is -0.315 e. The summed E-state index contributed by atoms with van der Waals surface area (Å²) in [5, 5.41) is 0.128. The molecule has 0 spiro atoms. The average molecular weight is 453 g/mol. The van der Waals surface area contributed by atoms with Gasteiger partial charge < -0.3 is 4.90 Å². The highest BCUT2D eigenvalue weighted by atomic mass is 35.5. The number of carbonyl (C=O) groups is 1. The van der Waals surface area contributed by atoms with Crippen molar-refractivity contribution in [2.45, 2.75) is 24.6 Å². The number of carbonyl (C=O) groups excluding carboxylic acids is 1. The SMILES string of the molecule is Cc1cccc(CC(=O)N=C2SC3CS(=O)(=O)CC3N2c2ccc(Cl)c(F)c2)c1. The van der Waals surface area contributed by atoms with Gasteiger partial charge in [0.05, 0.1) is 29.0 Å². The first-order chi connectivity index (χ1) is 13.7. The molecule has 0 saturated carbocycles. The molecule has 9 heteroatoms. The number of sulfone groups is 1. The Hall–Kier alpha value is -1.90. The zero-order chi connectivity index (χ0) is 20.8. The molecule has 2 unspecified atom stereocenters. The number of hydrogen-bond acceptors (Lipinski definition) is 4. The van der Waals surface area contributed by atoms with Crippen molar-refractivity contribution in [3.05, 3.63) is 64.4 Å². The Morgan fingerprint density at radius 3 is 2.79 bits per heavy atom. The van der Waals surface area contributed by atoms with Crippen molar-refractivity contribution in [3.63, 3.8) is 0 Å². The van der Waals surface area contributed by atoms with Crippen LogP contribution in [0.3, 0.4) is 0 Å². The smallest absolute Gasteiger partial charge is 0.252 e. The predicted octanol–water partition coefficient (Wildman–Crippen LogP) is 3.63. The van der Waals surface area contributed by atoms with E-state index in [4.69, 9.17) is 11.6 Å². The van der Waals surface area contributed by atoms with Crippen LogP contribution in [0.5, 0.6) is 0 Å². The first kappa shape index (κ1) is 20.4. The second-order valence-corrected chi connectivity index (χ2v) is 11.0. The summed E-state index contributed by atoms with van der Waals surface area (Å²) in [5.41, 5.74) is 2.34. The Morgan fingerprint density at radius 1 is 1.28 bits per heavy atom. The molecule has 0 radical (unpaired) electrons. The average Bonchev–Trinajstić information content (AvgIpc) is 3.08. The van der Waals surface area contributed by atoms with Crippen molar-refractivity contribution in [2.75, 3.05) is 16.4 Å². The molecular weight excluding hydrogens is 435 g/mol. The zero-order valence-corrected chi connectivity index (χ0v) is 17.9. The molecule has 2 aliphatic heterocycles. The maximum Gasteiger partial charge on any atom is 0.252 e. The summed E-state index contributed by atoms with van der Waals surface area (Å²) in [5.74, 6) is -0.982. The number of amides is 1. The Bertz CT molecular complexity index is 1120. The van der Waals surface area contributed by atoms with E-state index in [2.05, 4.69) is 4.99 Å². The van der Waals surface area contributed by atoms with Crippen molar-refractivity contribution in [2.24, 2.45) is 4.99 Å². The number of aryl methyl sites for hydroxylation is 1. The predicted molar refractivity (Wildman–Crippen MR) is 115 cm³/mol. The van der Waals surface area contributed by atoms with Crippen molar-refractivity contribution in [1.82, 2.24) is 0 Å². The van der Waals surface area contributed by atoms with Crippen LogP contribution in [0.2, 0.25) is 5.02 Å². The molecule has 0 bridgehead atoms. The lowest BCUT2D eigenvalue weighted by molar-refractivity contribution is -0.117. The van der Waals surface area contributed by atoms with Gasteiger partial charge in [0.1, 0.15) is 5.82 Å². The molecule has 152 valence electrons. The lowest BCUT2D eigenvalue weighted by Gasteiger charge is -2.24. The number of nitrogens with zero attached hydrogens (tertiary/aromatic N) is 2. The van der Waals surface area contributed by atoms with E-state index < -0.39 is 21.7 Å². The van der Waals surface area contributed by atoms with Crippen LogP contribution >= 0.6 is 23.4 Å². The summed E-state index contributed by atoms with van der Waals surface area (Å²) in [7, 11) is -3.19. The number of amidine groups is 1. The van der Waals surface area contributed by atoms with Gasteiger partial charge in [-0.3, -0.25) is 4.79 Å². The highest BCUT2D eigenvalue weighted by Crippen LogP contribution is 2.41. The number of aliphatic imine (C=N–C) groups is 1. The quantitative estimate of drug-likeness (QED) is 0.711. The normalized spacial score (nSPS) is 24.1. The third kappa shape index (κ3) is 4.34. The number of fused-ring (bicyclic) bond motifs is 1. The van der Waals surface area contributed by atoms with Gasteiger partial charge in [0.15, 0.2) is 15.0 Å². The van der Waals surface area contributed by atoms with Gasteiger partial charge in [0, 0.05) is 10.9 Å². The molecule has 1 amide bonds. The molecule has 5 nitrogen and oxygen atoms in total. The van der Waals surface area contributed by atoms with Crippen molar-refractivity contribution in [1.29, 1.82) is 0 Å². The van der Waals surface area contributed by atoms with Crippen LogP contribution in [0, 0.1) is 12.7 Å². The molecule has 2 aromatic rings. The van der Waals surface area contributed by atoms with E-state index in [1.807, 2.05) is 31.2 Å². The van der Waals surface area contributed by atoms with E-state index in [9.17, 15) is 17.6 Å². The molecule has 0 aromatic heterocycles. The molecule has 2 aromatic carbocycles. The highest BCUT2D eigenvalue weighted by molar-refractivity contribution is 8.16. The standard InChI is InChI=1S/C20H18ClFN2O3S2/c1-12-3-2-4-13(7-12)8-19(25)23-20-24(14-5-6-15(21)16(22)9-14)17-10-29(26,27)11-18(17)28-20/h2-7,9,17-18H,8,10-11H2,1H3. The largest absolute Gasteiger partial charge is 0.315 e. The summed E-state index contributed by atoms with van der Waals surface area (Å²) >= 11 is 7.05. The summed E-state index contributed by atoms with van der Waals surface area (Å²) in [4.78, 5) is 18.5. The van der Waals surface area contributed by atoms with Crippen LogP contribution in [-0.4, -0.2) is 42.3 Å². The highest BCUT2D eigenvalue weighted by Gasteiger charge is 2.49. The molecule has 2 atom stereocenters. The van der Waals surface area contributed by atoms with Crippen molar-refractivity contribution >= 4 is 50.0 Å². The van der Waals surface area contributed by atoms with E-state index in [1.165, 1.54) is 23.9 Å². The van der Waals surface area contributed by atoms with Gasteiger partial charge >= 0.3 is 0 Å². The lowest BCUT2D eigenvalue weighted by atomic mass is 10.1. The van der Waals surface area contributed by atoms with Gasteiger partial charge in [-0.15, -0.1) is 0 Å². The number of thioether (sulfide) groups is 1. The second-order valence-electron chi connectivity index (χ2n) is 7.22. The topological polar surface area (TPSA) is 66.8 Å². The van der Waals surface area contributed by atoms with Crippen LogP contribution in [0.25, 0.3) is 0 Å². The summed E-state index contributed by atoms with van der Waals surface area (Å²) in [6, 6.07) is 11.5. The first-order valence-corrected chi connectivity index (χ1v) is 12.1. The lowest BCUT2D eigenvalue weighted by Crippen LogP contribution is -2.37. The Balaban J connectivity index is 1.66. The van der Waals surface area contributed by atoms with E-state index in [0.29, 0.717) is 10.9 Å². The number of benzene rings is 2. The fourth-order valence-electron chi connectivity index (χ4n) is 3.64. The van der Waals surface area contributed by atoms with Crippen LogP contribution in [-0.2, 0) is 21.1 Å². The Morgan fingerprint density at radius 2 is 2.07 bits per heavy atom. The van der Waals surface area contributed by atoms with Gasteiger partial charge in [-0.2, -0.15) is 4.99 Å². The molecule has 0 N–H and O–H groups in total. The minimum absolute atomic E-state index is 0.0139. The van der Waals surface area contributed by atoms with E-state index in [0.717, 1.165) is 11.1 Å². The maximum atomic E-state index is 14.1. The number of anilines is 1. The summed E-state index contributed by atoms with van der Waals surface area (Å²) in [6.07, 6.45) is 0.141. The van der Waals surface area contributed by atoms with E-state index >= 15 is 0 Å². The maximum absolute atomic E-state index is 14.1. The number of halogens is 2. The first-order valence-electron chi connectivity index (χ1n) is 9.00. The summed E-state index contributed by atoms with van der Waals surface area (Å²) in [6.45, 7) is 1.95. The fourth-order valence-corrected chi connectivity index (χ4v) is 7.69. The monoisotopic (exact) mass is 452 g/mol. The van der Waals surface area contributed by atoms with Gasteiger partial charge in [-0.1, -0.05) is 53.2 Å². The van der Waals surface area contributed by atoms with E-state index in [-0.39, 0.29) is 34.1 Å². The zero-order valence-electron chi connectivity index (χ0n) is 15.5. The minimum atomic E-state index is -3.19. The molecule has 4 rings (SSSR count). The summed E-state index contributed by atoms with van der Waals surface area (Å²) < 4.78 is 38.3. The van der Waals surface area contributed by atoms with Gasteiger partial charge in [-0.25, -0.2) is 12.8 Å². The molecule has 2 heterocycles. The van der Waals surface area contributed by atoms with Crippen LogP contribution in [0.4, 0.5) is 10.1 Å². The second kappa shape index (κ2) is 7.74. The Labute approximate surface area is 177 Å². The molecule has 2 fully saturated rings. The molecule has 2 saturated heterocycles. The van der Waals surface area contributed by atoms with Crippen molar-refractivity contribution < 1.29 is 17.6 Å². The molecule has 0 aliphatic carbocycles. The van der Waals surface area contributed by atoms with Crippen LogP contribution in [0.15, 0.2) is 47.5 Å². The third-order valence-electron chi connectivity index (χ3n) is 4.91. The van der Waals surface area contributed by atoms with Gasteiger partial charge in [-0.05, 0) is 30.7 Å². The fraction of sp³-hybridized carbons (Fsp3) is 0.300.